The minimum Gasteiger partial charge on any atom is -0.481 e. The quantitative estimate of drug-likeness (QED) is 0.893. The number of aliphatic carboxylic acids is 1. The van der Waals surface area contributed by atoms with Crippen LogP contribution in [0.15, 0.2) is 30.3 Å². The van der Waals surface area contributed by atoms with Gasteiger partial charge in [0.25, 0.3) is 5.91 Å². The zero-order valence-electron chi connectivity index (χ0n) is 14.4. The number of hydrogen-bond donors (Lipinski definition) is 1. The molecule has 1 aromatic carbocycles. The van der Waals surface area contributed by atoms with Gasteiger partial charge in [-0.2, -0.15) is 16.9 Å². The Balaban J connectivity index is 1.69. The lowest BCUT2D eigenvalue weighted by Crippen LogP contribution is -2.47. The van der Waals surface area contributed by atoms with E-state index in [2.05, 4.69) is 5.10 Å². The van der Waals surface area contributed by atoms with E-state index in [-0.39, 0.29) is 18.4 Å². The van der Waals surface area contributed by atoms with E-state index in [9.17, 15) is 14.7 Å². The number of nitrogens with zero attached hydrogens (tertiary/aromatic N) is 3. The van der Waals surface area contributed by atoms with Crippen LogP contribution < -0.4 is 0 Å². The first-order valence-electron chi connectivity index (χ1n) is 8.92. The number of para-hydroxylation sites is 1. The van der Waals surface area contributed by atoms with Crippen LogP contribution in [0.1, 0.15) is 34.6 Å². The maximum Gasteiger partial charge on any atom is 0.305 e. The van der Waals surface area contributed by atoms with Crippen molar-refractivity contribution in [2.45, 2.75) is 31.7 Å². The third kappa shape index (κ3) is 3.11. The summed E-state index contributed by atoms with van der Waals surface area (Å²) in [6.07, 6.45) is 2.78. The average molecular weight is 371 g/mol. The van der Waals surface area contributed by atoms with Gasteiger partial charge in [-0.15, -0.1) is 0 Å². The van der Waals surface area contributed by atoms with E-state index in [1.54, 1.807) is 16.7 Å². The fraction of sp³-hybridized carbons (Fsp3) is 0.421. The van der Waals surface area contributed by atoms with Crippen LogP contribution in [0.2, 0.25) is 0 Å². The van der Waals surface area contributed by atoms with Crippen LogP contribution in [0.4, 0.5) is 0 Å². The SMILES string of the molecule is O=C(O)CC1CSCCN1C(=O)c1nn(-c2ccccc2)c2c1CCC2. The Morgan fingerprint density at radius 3 is 2.81 bits per heavy atom. The molecule has 6 nitrogen and oxygen atoms in total. The number of rotatable bonds is 4. The number of carbonyl (C=O) groups is 2. The molecule has 2 heterocycles. The number of fused-ring (bicyclic) bond motifs is 1. The topological polar surface area (TPSA) is 75.4 Å². The number of thioether (sulfide) groups is 1. The van der Waals surface area contributed by atoms with Gasteiger partial charge < -0.3 is 10.0 Å². The minimum absolute atomic E-state index is 0.0136. The molecular formula is C19H21N3O3S. The number of carboxylic acids is 1. The summed E-state index contributed by atoms with van der Waals surface area (Å²) in [5.41, 5.74) is 3.61. The number of carbonyl (C=O) groups excluding carboxylic acids is 1. The highest BCUT2D eigenvalue weighted by molar-refractivity contribution is 7.99. The highest BCUT2D eigenvalue weighted by Gasteiger charge is 2.34. The molecule has 1 unspecified atom stereocenters. The van der Waals surface area contributed by atoms with Crippen LogP contribution in [-0.4, -0.2) is 55.8 Å². The smallest absolute Gasteiger partial charge is 0.305 e. The first kappa shape index (κ1) is 17.1. The van der Waals surface area contributed by atoms with Crippen molar-refractivity contribution in [3.63, 3.8) is 0 Å². The monoisotopic (exact) mass is 371 g/mol. The highest BCUT2D eigenvalue weighted by atomic mass is 32.2. The molecule has 0 bridgehead atoms. The van der Waals surface area contributed by atoms with Gasteiger partial charge in [-0.25, -0.2) is 4.68 Å². The normalized spacial score (nSPS) is 19.4. The minimum atomic E-state index is -0.865. The van der Waals surface area contributed by atoms with Gasteiger partial charge in [0.05, 0.1) is 18.2 Å². The molecule has 136 valence electrons. The second-order valence-corrected chi connectivity index (χ2v) is 7.85. The third-order valence-electron chi connectivity index (χ3n) is 5.03. The molecule has 1 saturated heterocycles. The average Bonchev–Trinajstić information content (AvgIpc) is 3.24. The van der Waals surface area contributed by atoms with E-state index in [1.807, 2.05) is 35.0 Å². The van der Waals surface area contributed by atoms with Crippen molar-refractivity contribution in [1.29, 1.82) is 0 Å². The fourth-order valence-electron chi connectivity index (χ4n) is 3.82. The fourth-order valence-corrected chi connectivity index (χ4v) is 4.88. The van der Waals surface area contributed by atoms with Crippen LogP contribution in [-0.2, 0) is 17.6 Å². The molecule has 0 spiro atoms. The molecule has 4 rings (SSSR count). The van der Waals surface area contributed by atoms with E-state index in [0.717, 1.165) is 42.0 Å². The predicted octanol–water partition coefficient (Wildman–Crippen LogP) is 2.39. The Labute approximate surface area is 156 Å². The van der Waals surface area contributed by atoms with Gasteiger partial charge in [0.15, 0.2) is 5.69 Å². The van der Waals surface area contributed by atoms with Gasteiger partial charge in [-0.1, -0.05) is 18.2 Å². The summed E-state index contributed by atoms with van der Waals surface area (Å²) in [6, 6.07) is 9.60. The molecule has 2 aromatic rings. The van der Waals surface area contributed by atoms with Crippen LogP contribution in [0, 0.1) is 0 Å². The lowest BCUT2D eigenvalue weighted by molar-refractivity contribution is -0.138. The molecule has 1 N–H and O–H groups in total. The highest BCUT2D eigenvalue weighted by Crippen LogP contribution is 2.30. The zero-order chi connectivity index (χ0) is 18.1. The lowest BCUT2D eigenvalue weighted by Gasteiger charge is -2.34. The largest absolute Gasteiger partial charge is 0.481 e. The molecule has 1 aliphatic carbocycles. The van der Waals surface area contributed by atoms with E-state index in [0.29, 0.717) is 18.0 Å². The molecule has 0 saturated carbocycles. The lowest BCUT2D eigenvalue weighted by atomic mass is 10.1. The Kier molecular flexibility index (Phi) is 4.72. The number of hydrogen-bond acceptors (Lipinski definition) is 4. The third-order valence-corrected chi connectivity index (χ3v) is 6.12. The van der Waals surface area contributed by atoms with Gasteiger partial charge in [0, 0.05) is 29.3 Å². The second-order valence-electron chi connectivity index (χ2n) is 6.70. The number of aromatic nitrogens is 2. The van der Waals surface area contributed by atoms with Crippen molar-refractivity contribution in [3.8, 4) is 5.69 Å². The van der Waals surface area contributed by atoms with Gasteiger partial charge in [0.2, 0.25) is 0 Å². The summed E-state index contributed by atoms with van der Waals surface area (Å²) >= 11 is 1.71. The molecule has 1 aromatic heterocycles. The summed E-state index contributed by atoms with van der Waals surface area (Å²) in [4.78, 5) is 26.1. The zero-order valence-corrected chi connectivity index (χ0v) is 15.2. The number of amides is 1. The van der Waals surface area contributed by atoms with Crippen molar-refractivity contribution in [2.24, 2.45) is 0 Å². The van der Waals surface area contributed by atoms with E-state index in [4.69, 9.17) is 0 Å². The first-order valence-corrected chi connectivity index (χ1v) is 10.1. The van der Waals surface area contributed by atoms with Crippen molar-refractivity contribution in [1.82, 2.24) is 14.7 Å². The van der Waals surface area contributed by atoms with Crippen LogP contribution in [0.3, 0.4) is 0 Å². The summed E-state index contributed by atoms with van der Waals surface area (Å²) in [6.45, 7) is 0.578. The Bertz CT molecular complexity index is 834. The molecule has 0 radical (unpaired) electrons. The standard InChI is InChI=1S/C19H21N3O3S/c23-17(24)11-14-12-26-10-9-21(14)19(25)18-15-7-4-8-16(15)22(20-18)13-5-2-1-3-6-13/h1-3,5-6,14H,4,7-12H2,(H,23,24). The second kappa shape index (κ2) is 7.15. The predicted molar refractivity (Wildman–Crippen MR) is 100.0 cm³/mol. The molecule has 1 fully saturated rings. The van der Waals surface area contributed by atoms with Crippen LogP contribution >= 0.6 is 11.8 Å². The van der Waals surface area contributed by atoms with E-state index < -0.39 is 5.97 Å². The van der Waals surface area contributed by atoms with E-state index in [1.165, 1.54) is 0 Å². The molecule has 1 amide bonds. The summed E-state index contributed by atoms with van der Waals surface area (Å²) in [5, 5.41) is 13.8. The summed E-state index contributed by atoms with van der Waals surface area (Å²) in [5.74, 6) is 0.517. The molecule has 1 aliphatic heterocycles. The summed E-state index contributed by atoms with van der Waals surface area (Å²) in [7, 11) is 0. The molecular weight excluding hydrogens is 350 g/mol. The molecule has 1 atom stereocenters. The molecule has 7 heteroatoms. The first-order chi connectivity index (χ1) is 12.6. The Morgan fingerprint density at radius 2 is 2.04 bits per heavy atom. The Morgan fingerprint density at radius 1 is 1.23 bits per heavy atom. The number of benzene rings is 1. The number of carboxylic acid groups (broad SMARTS) is 1. The van der Waals surface area contributed by atoms with Crippen LogP contribution in [0.5, 0.6) is 0 Å². The van der Waals surface area contributed by atoms with Crippen molar-refractivity contribution < 1.29 is 14.7 Å². The van der Waals surface area contributed by atoms with Crippen molar-refractivity contribution >= 4 is 23.6 Å². The van der Waals surface area contributed by atoms with Gasteiger partial charge in [-0.3, -0.25) is 9.59 Å². The summed E-state index contributed by atoms with van der Waals surface area (Å²) < 4.78 is 1.89. The maximum absolute atomic E-state index is 13.2. The van der Waals surface area contributed by atoms with E-state index >= 15 is 0 Å². The van der Waals surface area contributed by atoms with Gasteiger partial charge >= 0.3 is 5.97 Å². The molecule has 2 aliphatic rings. The Hall–Kier alpha value is -2.28. The molecule has 26 heavy (non-hydrogen) atoms. The maximum atomic E-state index is 13.2. The van der Waals surface area contributed by atoms with Gasteiger partial charge in [0.1, 0.15) is 0 Å². The van der Waals surface area contributed by atoms with Crippen molar-refractivity contribution in [3.05, 3.63) is 47.3 Å². The van der Waals surface area contributed by atoms with Crippen LogP contribution in [0.25, 0.3) is 5.69 Å². The van der Waals surface area contributed by atoms with Crippen molar-refractivity contribution in [2.75, 3.05) is 18.1 Å². The van der Waals surface area contributed by atoms with Gasteiger partial charge in [-0.05, 0) is 31.4 Å².